The molecular weight excluding hydrogens is 432 g/mol. The Balaban J connectivity index is 0.00000133. The van der Waals surface area contributed by atoms with E-state index in [0.29, 0.717) is 56.8 Å². The molecule has 3 aromatic heterocycles. The van der Waals surface area contributed by atoms with E-state index in [0.717, 1.165) is 41.2 Å². The predicted octanol–water partition coefficient (Wildman–Crippen LogP) is 3.03. The van der Waals surface area contributed by atoms with Gasteiger partial charge in [-0.25, -0.2) is 9.97 Å². The molecule has 34 heavy (non-hydrogen) atoms. The van der Waals surface area contributed by atoms with Crippen LogP contribution in [0.3, 0.4) is 0 Å². The molecule has 0 amide bonds. The van der Waals surface area contributed by atoms with E-state index in [9.17, 15) is 0 Å². The van der Waals surface area contributed by atoms with Crippen LogP contribution in [0.5, 0.6) is 0 Å². The van der Waals surface area contributed by atoms with Gasteiger partial charge in [0.2, 0.25) is 5.95 Å². The smallest absolute Gasteiger partial charge is 0.228 e. The molecule has 2 fully saturated rings. The minimum atomic E-state index is 0.403. The van der Waals surface area contributed by atoms with Crippen molar-refractivity contribution in [2.75, 3.05) is 43.1 Å². The maximum absolute atomic E-state index is 5.71. The molecule has 184 valence electrons. The number of piperazine rings is 1. The lowest BCUT2D eigenvalue weighted by molar-refractivity contribution is 0.128. The highest BCUT2D eigenvalue weighted by Gasteiger charge is 2.45. The summed E-state index contributed by atoms with van der Waals surface area (Å²) in [6.45, 7) is 14.7. The molecule has 2 aliphatic rings. The van der Waals surface area contributed by atoms with E-state index in [4.69, 9.17) is 24.5 Å². The van der Waals surface area contributed by atoms with E-state index < -0.39 is 0 Å². The number of aryl methyl sites for hydroxylation is 1. The first kappa shape index (κ1) is 24.3. The van der Waals surface area contributed by atoms with Gasteiger partial charge in [0, 0.05) is 44.6 Å². The summed E-state index contributed by atoms with van der Waals surface area (Å²) >= 11 is 0. The average Bonchev–Trinajstić information content (AvgIpc) is 3.29. The Kier molecular flexibility index (Phi) is 7.91. The van der Waals surface area contributed by atoms with Crippen molar-refractivity contribution in [1.29, 1.82) is 0 Å². The summed E-state index contributed by atoms with van der Waals surface area (Å²) < 4.78 is 13.2. The monoisotopic (exact) mass is 468 g/mol. The second-order valence-electron chi connectivity index (χ2n) is 8.20. The number of hydrogen-bond acceptors (Lipinski definition) is 9. The van der Waals surface area contributed by atoms with Gasteiger partial charge in [-0.15, -0.1) is 0 Å². The summed E-state index contributed by atoms with van der Waals surface area (Å²) in [6, 6.07) is 5.06. The van der Waals surface area contributed by atoms with Gasteiger partial charge < -0.3 is 25.0 Å². The van der Waals surface area contributed by atoms with Gasteiger partial charge in [0.05, 0.1) is 19.8 Å². The number of ether oxygens (including phenoxy) is 2. The zero-order chi connectivity index (χ0) is 24.1. The number of fused-ring (bicyclic) bond motifs is 2. The highest BCUT2D eigenvalue weighted by atomic mass is 16.5. The van der Waals surface area contributed by atoms with Crippen LogP contribution >= 0.6 is 0 Å². The predicted molar refractivity (Wildman–Crippen MR) is 134 cm³/mol. The minimum absolute atomic E-state index is 0.403. The van der Waals surface area contributed by atoms with Crippen molar-refractivity contribution in [2.45, 2.75) is 59.9 Å². The van der Waals surface area contributed by atoms with Crippen molar-refractivity contribution in [2.24, 2.45) is 0 Å². The second-order valence-corrected chi connectivity index (χ2v) is 8.20. The van der Waals surface area contributed by atoms with Crippen LogP contribution in [0.25, 0.3) is 11.0 Å². The zero-order valence-corrected chi connectivity index (χ0v) is 20.8. The van der Waals surface area contributed by atoms with Crippen LogP contribution in [-0.2, 0) is 22.6 Å². The lowest BCUT2D eigenvalue weighted by atomic mass is 10.3. The number of nitrogens with zero attached hydrogens (tertiary/aromatic N) is 6. The van der Waals surface area contributed by atoms with Gasteiger partial charge in [-0.05, 0) is 38.5 Å². The molecule has 3 aromatic rings. The molecule has 2 atom stereocenters. The van der Waals surface area contributed by atoms with Crippen molar-refractivity contribution in [1.82, 2.24) is 30.0 Å². The van der Waals surface area contributed by atoms with Gasteiger partial charge in [0.1, 0.15) is 22.5 Å². The van der Waals surface area contributed by atoms with E-state index >= 15 is 0 Å². The third kappa shape index (κ3) is 5.29. The summed E-state index contributed by atoms with van der Waals surface area (Å²) in [7, 11) is 0. The molecule has 0 bridgehead atoms. The van der Waals surface area contributed by atoms with Crippen LogP contribution in [0.2, 0.25) is 0 Å². The van der Waals surface area contributed by atoms with Gasteiger partial charge >= 0.3 is 0 Å². The van der Waals surface area contributed by atoms with Crippen molar-refractivity contribution in [3.63, 3.8) is 0 Å². The van der Waals surface area contributed by atoms with Crippen LogP contribution in [0.1, 0.15) is 39.0 Å². The molecule has 2 saturated heterocycles. The second kappa shape index (κ2) is 11.1. The Bertz CT molecular complexity index is 1090. The Morgan fingerprint density at radius 1 is 1.12 bits per heavy atom. The maximum Gasteiger partial charge on any atom is 0.228 e. The van der Waals surface area contributed by atoms with Crippen LogP contribution < -0.4 is 15.5 Å². The lowest BCUT2D eigenvalue weighted by Crippen LogP contribution is -2.29. The third-order valence-corrected chi connectivity index (χ3v) is 5.82. The van der Waals surface area contributed by atoms with Crippen molar-refractivity contribution >= 4 is 28.6 Å². The first-order valence-corrected chi connectivity index (χ1v) is 12.3. The Labute approximate surface area is 201 Å². The molecule has 0 radical (unpaired) electrons. The summed E-state index contributed by atoms with van der Waals surface area (Å²) in [5.41, 5.74) is 3.59. The van der Waals surface area contributed by atoms with Gasteiger partial charge in [-0.3, -0.25) is 4.68 Å². The topological polar surface area (TPSA) is 112 Å². The number of anilines is 3. The zero-order valence-electron chi connectivity index (χ0n) is 20.8. The first-order chi connectivity index (χ1) is 16.7. The molecule has 2 aliphatic heterocycles. The molecule has 5 heterocycles. The normalized spacial score (nSPS) is 18.6. The molecule has 10 nitrogen and oxygen atoms in total. The van der Waals surface area contributed by atoms with E-state index in [-0.39, 0.29) is 0 Å². The summed E-state index contributed by atoms with van der Waals surface area (Å²) in [5, 5.41) is 11.7. The number of hydrogen-bond donors (Lipinski definition) is 2. The van der Waals surface area contributed by atoms with E-state index in [1.54, 1.807) is 6.20 Å². The molecule has 0 aromatic carbocycles. The van der Waals surface area contributed by atoms with Crippen molar-refractivity contribution in [3.8, 4) is 0 Å². The largest absolute Gasteiger partial charge is 0.380 e. The molecule has 5 rings (SSSR count). The van der Waals surface area contributed by atoms with E-state index in [1.807, 2.05) is 51.4 Å². The summed E-state index contributed by atoms with van der Waals surface area (Å²) in [4.78, 5) is 16.6. The molecule has 10 heteroatoms. The van der Waals surface area contributed by atoms with Gasteiger partial charge in [0.25, 0.3) is 0 Å². The van der Waals surface area contributed by atoms with Crippen molar-refractivity contribution < 1.29 is 9.47 Å². The highest BCUT2D eigenvalue weighted by Crippen LogP contribution is 2.32. The van der Waals surface area contributed by atoms with Gasteiger partial charge in [0.15, 0.2) is 5.82 Å². The van der Waals surface area contributed by atoms with Crippen molar-refractivity contribution in [3.05, 3.63) is 29.6 Å². The first-order valence-electron chi connectivity index (χ1n) is 12.3. The molecule has 0 saturated carbocycles. The Morgan fingerprint density at radius 3 is 2.59 bits per heavy atom. The molecule has 1 unspecified atom stereocenters. The van der Waals surface area contributed by atoms with Gasteiger partial charge in [-0.2, -0.15) is 10.1 Å². The molecule has 0 aliphatic carbocycles. The number of aromatic nitrogens is 5. The third-order valence-electron chi connectivity index (χ3n) is 5.82. The van der Waals surface area contributed by atoms with E-state index in [1.165, 1.54) is 0 Å². The van der Waals surface area contributed by atoms with E-state index in [2.05, 4.69) is 20.5 Å². The quantitative estimate of drug-likeness (QED) is 0.342. The summed E-state index contributed by atoms with van der Waals surface area (Å²) in [6.07, 6.45) is 1.80. The number of pyridine rings is 1. The highest BCUT2D eigenvalue weighted by molar-refractivity contribution is 5.90. The summed E-state index contributed by atoms with van der Waals surface area (Å²) in [5.74, 6) is 2.15. The Morgan fingerprint density at radius 2 is 1.88 bits per heavy atom. The minimum Gasteiger partial charge on any atom is -0.380 e. The van der Waals surface area contributed by atoms with Crippen LogP contribution in [0.4, 0.5) is 17.6 Å². The fraction of sp³-hybridized carbons (Fsp3) is 0.583. The van der Waals surface area contributed by atoms with Crippen LogP contribution in [-0.4, -0.2) is 69.7 Å². The van der Waals surface area contributed by atoms with Gasteiger partial charge in [-0.1, -0.05) is 13.8 Å². The fourth-order valence-corrected chi connectivity index (χ4v) is 4.13. The molecule has 0 spiro atoms. The number of rotatable bonds is 10. The van der Waals surface area contributed by atoms with Crippen LogP contribution in [0.15, 0.2) is 18.3 Å². The lowest BCUT2D eigenvalue weighted by Gasteiger charge is -2.19. The standard InChI is InChI=1S/C22H30N8O2.C2H6/c1-4-31-9-8-30-20-19(17(28-30)13-32-5-2)26-22(29-11-15-16(12-29)24-15)27-21(20)25-18-10-14(3)6-7-23-18;1-2/h6-7,10,15-16,24H,4-5,8-9,11-13H2,1-3H3,(H,23,25,26,27);1-2H3/t15-,16?;/m1./s1. The average molecular weight is 469 g/mol. The Hall–Kier alpha value is -2.82. The maximum atomic E-state index is 5.71. The SMILES string of the molecule is CC.CCOCCn1nc(COCC)c2nc(N3CC4N[C@@H]4C3)nc(Nc3cc(C)ccn3)c21. The number of nitrogens with one attached hydrogen (secondary N) is 2. The fourth-order valence-electron chi connectivity index (χ4n) is 4.13. The molecule has 2 N–H and O–H groups in total. The van der Waals surface area contributed by atoms with Crippen LogP contribution in [0, 0.1) is 6.92 Å². The molecular formula is C24H36N8O2.